The fraction of sp³-hybridized carbons (Fsp3) is 0.235. The summed E-state index contributed by atoms with van der Waals surface area (Å²) in [6.07, 6.45) is 1.91. The first-order valence-corrected chi connectivity index (χ1v) is 9.47. The average Bonchev–Trinajstić information content (AvgIpc) is 3.00. The van der Waals surface area contributed by atoms with Crippen molar-refractivity contribution in [3.63, 3.8) is 0 Å². The topological polar surface area (TPSA) is 104 Å². The van der Waals surface area contributed by atoms with Crippen molar-refractivity contribution in [1.29, 1.82) is 0 Å². The van der Waals surface area contributed by atoms with Gasteiger partial charge in [-0.2, -0.15) is 0 Å². The second-order valence-corrected chi connectivity index (χ2v) is 7.43. The van der Waals surface area contributed by atoms with Gasteiger partial charge in [-0.3, -0.25) is 4.79 Å². The van der Waals surface area contributed by atoms with Crippen molar-refractivity contribution >= 4 is 56.6 Å². The van der Waals surface area contributed by atoms with Gasteiger partial charge in [-0.1, -0.05) is 36.5 Å². The number of aromatic nitrogens is 2. The van der Waals surface area contributed by atoms with Crippen molar-refractivity contribution in [2.75, 3.05) is 12.3 Å². The Morgan fingerprint density at radius 1 is 1.23 bits per heavy atom. The van der Waals surface area contributed by atoms with Gasteiger partial charge in [0.25, 0.3) is 5.91 Å². The van der Waals surface area contributed by atoms with Gasteiger partial charge < -0.3 is 16.2 Å². The molecule has 3 rings (SSSR count). The Morgan fingerprint density at radius 2 is 2.00 bits per heavy atom. The van der Waals surface area contributed by atoms with E-state index in [-0.39, 0.29) is 5.95 Å². The Hall–Kier alpha value is -2.09. The third-order valence-electron chi connectivity index (χ3n) is 3.69. The number of thiophene rings is 1. The van der Waals surface area contributed by atoms with E-state index in [9.17, 15) is 4.79 Å². The summed E-state index contributed by atoms with van der Waals surface area (Å²) in [7, 11) is 0. The molecule has 0 bridgehead atoms. The first-order chi connectivity index (χ1) is 12.4. The van der Waals surface area contributed by atoms with Crippen LogP contribution in [-0.4, -0.2) is 22.5 Å². The summed E-state index contributed by atoms with van der Waals surface area (Å²) in [5, 5.41) is 1.45. The standard InChI is InChI=1S/C17H16Cl2N4O2S/c1-2-3-4-25-12-5-8(10(18)7-11(12)19)14-9-6-13(15(20)24)26-16(9)23-17(21)22-14/h5-7H,2-4H2,1H3,(H2,20,24)(H2,21,22,23). The van der Waals surface area contributed by atoms with Gasteiger partial charge in [0.1, 0.15) is 10.6 Å². The second kappa shape index (κ2) is 7.65. The van der Waals surface area contributed by atoms with Crippen LogP contribution in [0, 0.1) is 0 Å². The number of primary amides is 1. The molecule has 1 aromatic carbocycles. The maximum atomic E-state index is 11.5. The van der Waals surface area contributed by atoms with Gasteiger partial charge in [0, 0.05) is 10.9 Å². The molecule has 0 saturated heterocycles. The number of anilines is 1. The number of nitrogens with two attached hydrogens (primary N) is 2. The number of carbonyl (C=O) groups excluding carboxylic acids is 1. The van der Waals surface area contributed by atoms with E-state index in [1.165, 1.54) is 0 Å². The van der Waals surface area contributed by atoms with Crippen LogP contribution in [0.4, 0.5) is 5.95 Å². The zero-order valence-corrected chi connectivity index (χ0v) is 16.2. The van der Waals surface area contributed by atoms with Crippen molar-refractivity contribution in [2.45, 2.75) is 19.8 Å². The van der Waals surface area contributed by atoms with E-state index in [0.29, 0.717) is 48.8 Å². The highest BCUT2D eigenvalue weighted by Crippen LogP contribution is 2.40. The lowest BCUT2D eigenvalue weighted by Gasteiger charge is -2.12. The summed E-state index contributed by atoms with van der Waals surface area (Å²) in [6.45, 7) is 2.62. The Bertz CT molecular complexity index is 991. The molecule has 0 fully saturated rings. The number of nitrogens with zero attached hydrogens (tertiary/aromatic N) is 2. The third-order valence-corrected chi connectivity index (χ3v) is 5.34. The number of fused-ring (bicyclic) bond motifs is 1. The van der Waals surface area contributed by atoms with Crippen LogP contribution in [0.5, 0.6) is 5.75 Å². The number of amides is 1. The zero-order chi connectivity index (χ0) is 18.8. The predicted octanol–water partition coefficient (Wildman–Crippen LogP) is 4.53. The summed E-state index contributed by atoms with van der Waals surface area (Å²) in [5.41, 5.74) is 12.3. The average molecular weight is 411 g/mol. The lowest BCUT2D eigenvalue weighted by Crippen LogP contribution is -2.08. The molecule has 3 aromatic rings. The van der Waals surface area contributed by atoms with Crippen LogP contribution in [0.25, 0.3) is 21.5 Å². The zero-order valence-electron chi connectivity index (χ0n) is 13.9. The van der Waals surface area contributed by atoms with Gasteiger partial charge in [0.05, 0.1) is 27.2 Å². The highest BCUT2D eigenvalue weighted by molar-refractivity contribution is 7.20. The largest absolute Gasteiger partial charge is 0.492 e. The highest BCUT2D eigenvalue weighted by atomic mass is 35.5. The second-order valence-electron chi connectivity index (χ2n) is 5.59. The van der Waals surface area contributed by atoms with Crippen molar-refractivity contribution < 1.29 is 9.53 Å². The van der Waals surface area contributed by atoms with E-state index in [0.717, 1.165) is 24.2 Å². The van der Waals surface area contributed by atoms with Crippen LogP contribution >= 0.6 is 34.5 Å². The lowest BCUT2D eigenvalue weighted by molar-refractivity contribution is 0.100. The van der Waals surface area contributed by atoms with Gasteiger partial charge in [0.15, 0.2) is 0 Å². The molecule has 0 unspecified atom stereocenters. The maximum Gasteiger partial charge on any atom is 0.258 e. The number of halogens is 2. The first-order valence-electron chi connectivity index (χ1n) is 7.89. The molecule has 0 aliphatic carbocycles. The van der Waals surface area contributed by atoms with E-state index in [2.05, 4.69) is 16.9 Å². The van der Waals surface area contributed by atoms with Crippen LogP contribution in [0.15, 0.2) is 18.2 Å². The Kier molecular flexibility index (Phi) is 5.50. The summed E-state index contributed by atoms with van der Waals surface area (Å²) in [6, 6.07) is 4.97. The van der Waals surface area contributed by atoms with Gasteiger partial charge in [-0.05, 0) is 24.6 Å². The highest BCUT2D eigenvalue weighted by Gasteiger charge is 2.18. The molecule has 0 radical (unpaired) electrons. The minimum absolute atomic E-state index is 0.0739. The predicted molar refractivity (Wildman–Crippen MR) is 106 cm³/mol. The molecular weight excluding hydrogens is 395 g/mol. The quantitative estimate of drug-likeness (QED) is 0.580. The van der Waals surface area contributed by atoms with Crippen LogP contribution in [0.1, 0.15) is 29.4 Å². The number of benzene rings is 1. The Balaban J connectivity index is 2.16. The van der Waals surface area contributed by atoms with Crippen molar-refractivity contribution in [3.8, 4) is 17.0 Å². The number of carbonyl (C=O) groups is 1. The number of hydrogen-bond donors (Lipinski definition) is 2. The van der Waals surface area contributed by atoms with Crippen molar-refractivity contribution in [1.82, 2.24) is 9.97 Å². The minimum Gasteiger partial charge on any atom is -0.492 e. The minimum atomic E-state index is -0.539. The molecule has 136 valence electrons. The molecule has 0 aliphatic rings. The van der Waals surface area contributed by atoms with Crippen LogP contribution in [0.2, 0.25) is 10.0 Å². The summed E-state index contributed by atoms with van der Waals surface area (Å²) in [5.74, 6) is 0.0448. The van der Waals surface area contributed by atoms with Crippen LogP contribution in [0.3, 0.4) is 0 Å². The molecule has 6 nitrogen and oxygen atoms in total. The number of ether oxygens (including phenoxy) is 1. The van der Waals surface area contributed by atoms with E-state index in [1.807, 2.05) is 0 Å². The van der Waals surface area contributed by atoms with E-state index >= 15 is 0 Å². The van der Waals surface area contributed by atoms with Gasteiger partial charge >= 0.3 is 0 Å². The molecule has 2 heterocycles. The molecule has 0 atom stereocenters. The monoisotopic (exact) mass is 410 g/mol. The fourth-order valence-electron chi connectivity index (χ4n) is 2.41. The van der Waals surface area contributed by atoms with Crippen molar-refractivity contribution in [3.05, 3.63) is 33.1 Å². The molecule has 26 heavy (non-hydrogen) atoms. The molecule has 1 amide bonds. The molecule has 0 aliphatic heterocycles. The number of nitrogen functional groups attached to an aromatic ring is 1. The maximum absolute atomic E-state index is 11.5. The van der Waals surface area contributed by atoms with E-state index in [4.69, 9.17) is 39.4 Å². The summed E-state index contributed by atoms with van der Waals surface area (Å²) >= 11 is 13.8. The molecule has 0 saturated carbocycles. The lowest BCUT2D eigenvalue weighted by atomic mass is 10.1. The number of rotatable bonds is 6. The summed E-state index contributed by atoms with van der Waals surface area (Å²) < 4.78 is 5.74. The third kappa shape index (κ3) is 3.70. The SMILES string of the molecule is CCCCOc1cc(-c2nc(N)nc3sc(C(N)=O)cc23)c(Cl)cc1Cl. The van der Waals surface area contributed by atoms with Crippen molar-refractivity contribution in [2.24, 2.45) is 5.73 Å². The molecule has 0 spiro atoms. The molecule has 2 aromatic heterocycles. The number of hydrogen-bond acceptors (Lipinski definition) is 6. The fourth-order valence-corrected chi connectivity index (χ4v) is 3.83. The van der Waals surface area contributed by atoms with Gasteiger partial charge in [-0.15, -0.1) is 11.3 Å². The first kappa shape index (κ1) is 18.7. The number of unbranched alkanes of at least 4 members (excludes halogenated alkanes) is 1. The van der Waals surface area contributed by atoms with E-state index < -0.39 is 5.91 Å². The van der Waals surface area contributed by atoms with Gasteiger partial charge in [-0.25, -0.2) is 9.97 Å². The molecule has 4 N–H and O–H groups in total. The smallest absolute Gasteiger partial charge is 0.258 e. The molecular formula is C17H16Cl2N4O2S. The van der Waals surface area contributed by atoms with E-state index in [1.54, 1.807) is 18.2 Å². The van der Waals surface area contributed by atoms with Crippen LogP contribution in [-0.2, 0) is 0 Å². The molecule has 9 heteroatoms. The van der Waals surface area contributed by atoms with Gasteiger partial charge in [0.2, 0.25) is 5.95 Å². The summed E-state index contributed by atoms with van der Waals surface area (Å²) in [4.78, 5) is 20.9. The normalized spacial score (nSPS) is 11.0. The van der Waals surface area contributed by atoms with Crippen LogP contribution < -0.4 is 16.2 Å². The Labute approximate surface area is 164 Å². The Morgan fingerprint density at radius 3 is 2.69 bits per heavy atom.